The van der Waals surface area contributed by atoms with Gasteiger partial charge in [0.15, 0.2) is 5.96 Å². The maximum atomic E-state index is 5.67. The minimum absolute atomic E-state index is 0. The molecule has 7 heteroatoms. The van der Waals surface area contributed by atoms with Crippen LogP contribution in [0.3, 0.4) is 0 Å². The van der Waals surface area contributed by atoms with E-state index in [9.17, 15) is 0 Å². The number of rotatable bonds is 9. The highest BCUT2D eigenvalue weighted by molar-refractivity contribution is 14.0. The van der Waals surface area contributed by atoms with E-state index in [2.05, 4.69) is 15.6 Å². The van der Waals surface area contributed by atoms with E-state index in [-0.39, 0.29) is 24.0 Å². The Morgan fingerprint density at radius 3 is 2.96 bits per heavy atom. The van der Waals surface area contributed by atoms with E-state index in [0.29, 0.717) is 18.7 Å². The average Bonchev–Trinajstić information content (AvgIpc) is 3.04. The van der Waals surface area contributed by atoms with Gasteiger partial charge in [-0.2, -0.15) is 0 Å². The highest BCUT2D eigenvalue weighted by Gasteiger charge is 2.22. The lowest BCUT2D eigenvalue weighted by molar-refractivity contribution is 0.0168. The third-order valence-corrected chi connectivity index (χ3v) is 3.98. The summed E-state index contributed by atoms with van der Waals surface area (Å²) in [6, 6.07) is 4.41. The van der Waals surface area contributed by atoms with Gasteiger partial charge in [-0.05, 0) is 44.2 Å². The summed E-state index contributed by atoms with van der Waals surface area (Å²) in [7, 11) is 0. The summed E-state index contributed by atoms with van der Waals surface area (Å²) in [4.78, 5) is 4.57. The Morgan fingerprint density at radius 2 is 2.25 bits per heavy atom. The molecular formula is C17H28IN3O3. The zero-order valence-corrected chi connectivity index (χ0v) is 16.4. The van der Waals surface area contributed by atoms with Crippen LogP contribution in [0.4, 0.5) is 0 Å². The van der Waals surface area contributed by atoms with Gasteiger partial charge < -0.3 is 24.5 Å². The van der Waals surface area contributed by atoms with E-state index in [1.165, 1.54) is 12.8 Å². The predicted molar refractivity (Wildman–Crippen MR) is 104 cm³/mol. The molecule has 1 atom stereocenters. The highest BCUT2D eigenvalue weighted by atomic mass is 127. The lowest BCUT2D eigenvalue weighted by atomic mass is 10.2. The molecule has 0 bridgehead atoms. The van der Waals surface area contributed by atoms with Crippen molar-refractivity contribution in [1.29, 1.82) is 0 Å². The largest absolute Gasteiger partial charge is 0.467 e. The number of aliphatic imine (C=N–C) groups is 1. The Kier molecular flexibility index (Phi) is 8.90. The first-order valence-electron chi connectivity index (χ1n) is 8.67. The second-order valence-electron chi connectivity index (χ2n) is 6.15. The molecule has 1 aliphatic carbocycles. The van der Waals surface area contributed by atoms with Crippen LogP contribution >= 0.6 is 24.0 Å². The van der Waals surface area contributed by atoms with Crippen molar-refractivity contribution in [3.05, 3.63) is 24.2 Å². The van der Waals surface area contributed by atoms with E-state index in [1.54, 1.807) is 6.26 Å². The number of nitrogens with one attached hydrogen (secondary N) is 2. The molecule has 0 aromatic carbocycles. The SMILES string of the molecule is I.c1coc(CN=C(NCCCOCC2CCCO2)NC2CC2)c1. The molecule has 136 valence electrons. The quantitative estimate of drug-likeness (QED) is 0.263. The number of nitrogens with zero attached hydrogens (tertiary/aromatic N) is 1. The van der Waals surface area contributed by atoms with E-state index in [4.69, 9.17) is 13.9 Å². The molecule has 1 aromatic rings. The first-order valence-corrected chi connectivity index (χ1v) is 8.67. The van der Waals surface area contributed by atoms with Crippen molar-refractivity contribution in [3.63, 3.8) is 0 Å². The smallest absolute Gasteiger partial charge is 0.191 e. The molecule has 2 fully saturated rings. The van der Waals surface area contributed by atoms with Crippen LogP contribution in [-0.2, 0) is 16.0 Å². The van der Waals surface area contributed by atoms with Crippen molar-refractivity contribution in [2.45, 2.75) is 50.8 Å². The molecule has 0 spiro atoms. The summed E-state index contributed by atoms with van der Waals surface area (Å²) in [6.45, 7) is 3.77. The number of halogens is 1. The molecule has 2 N–H and O–H groups in total. The molecule has 1 aliphatic heterocycles. The molecule has 24 heavy (non-hydrogen) atoms. The molecular weight excluding hydrogens is 421 g/mol. The third kappa shape index (κ3) is 7.40. The van der Waals surface area contributed by atoms with E-state index in [1.807, 2.05) is 12.1 Å². The number of hydrogen-bond acceptors (Lipinski definition) is 4. The molecule has 3 rings (SSSR count). The summed E-state index contributed by atoms with van der Waals surface area (Å²) < 4.78 is 16.5. The molecule has 0 radical (unpaired) electrons. The normalized spacial score (nSPS) is 20.7. The Bertz CT molecular complexity index is 471. The molecule has 1 saturated carbocycles. The summed E-state index contributed by atoms with van der Waals surface area (Å²) in [6.07, 6.45) is 7.70. The van der Waals surface area contributed by atoms with E-state index < -0.39 is 0 Å². The number of guanidine groups is 1. The van der Waals surface area contributed by atoms with Gasteiger partial charge in [-0.15, -0.1) is 24.0 Å². The number of ether oxygens (including phenoxy) is 2. The van der Waals surface area contributed by atoms with Gasteiger partial charge in [-0.3, -0.25) is 0 Å². The van der Waals surface area contributed by atoms with Gasteiger partial charge in [0, 0.05) is 25.8 Å². The summed E-state index contributed by atoms with van der Waals surface area (Å²) in [5, 5.41) is 6.79. The van der Waals surface area contributed by atoms with E-state index in [0.717, 1.165) is 57.3 Å². The van der Waals surface area contributed by atoms with Crippen LogP contribution in [0.2, 0.25) is 0 Å². The summed E-state index contributed by atoms with van der Waals surface area (Å²) in [5.74, 6) is 1.74. The zero-order chi connectivity index (χ0) is 15.7. The van der Waals surface area contributed by atoms with Crippen LogP contribution in [0.5, 0.6) is 0 Å². The van der Waals surface area contributed by atoms with Crippen molar-refractivity contribution < 1.29 is 13.9 Å². The fourth-order valence-electron chi connectivity index (χ4n) is 2.50. The minimum atomic E-state index is 0. The van der Waals surface area contributed by atoms with Crippen LogP contribution in [-0.4, -0.2) is 44.5 Å². The van der Waals surface area contributed by atoms with Gasteiger partial charge in [-0.25, -0.2) is 4.99 Å². The Balaban J connectivity index is 0.00000208. The lowest BCUT2D eigenvalue weighted by Crippen LogP contribution is -2.39. The van der Waals surface area contributed by atoms with E-state index >= 15 is 0 Å². The molecule has 2 heterocycles. The van der Waals surface area contributed by atoms with Gasteiger partial charge in [-0.1, -0.05) is 0 Å². The van der Waals surface area contributed by atoms with Crippen LogP contribution in [0.15, 0.2) is 27.8 Å². The van der Waals surface area contributed by atoms with Crippen molar-refractivity contribution in [3.8, 4) is 0 Å². The van der Waals surface area contributed by atoms with Crippen molar-refractivity contribution in [1.82, 2.24) is 10.6 Å². The van der Waals surface area contributed by atoms with Crippen LogP contribution in [0.25, 0.3) is 0 Å². The second kappa shape index (κ2) is 10.9. The Morgan fingerprint density at radius 1 is 1.33 bits per heavy atom. The molecule has 2 aliphatic rings. The average molecular weight is 449 g/mol. The Labute approximate surface area is 160 Å². The first kappa shape index (κ1) is 19.5. The standard InChI is InChI=1S/C17H27N3O3.HI/c1-4-15(22-10-1)12-19-17(20-14-6-7-14)18-8-3-9-21-13-16-5-2-11-23-16;/h1,4,10,14,16H,2-3,5-9,11-13H2,(H2,18,19,20);1H. The van der Waals surface area contributed by atoms with Gasteiger partial charge in [0.05, 0.1) is 19.0 Å². The number of furan rings is 1. The molecule has 1 unspecified atom stereocenters. The second-order valence-corrected chi connectivity index (χ2v) is 6.15. The fourth-order valence-corrected chi connectivity index (χ4v) is 2.50. The molecule has 1 aromatic heterocycles. The lowest BCUT2D eigenvalue weighted by Gasteiger charge is -2.13. The minimum Gasteiger partial charge on any atom is -0.467 e. The Hall–Kier alpha value is -0.800. The van der Waals surface area contributed by atoms with Crippen molar-refractivity contribution in [2.75, 3.05) is 26.4 Å². The van der Waals surface area contributed by atoms with Gasteiger partial charge in [0.2, 0.25) is 0 Å². The summed E-state index contributed by atoms with van der Waals surface area (Å²) >= 11 is 0. The van der Waals surface area contributed by atoms with Gasteiger partial charge in [0.1, 0.15) is 12.3 Å². The van der Waals surface area contributed by atoms with Gasteiger partial charge in [0.25, 0.3) is 0 Å². The zero-order valence-electron chi connectivity index (χ0n) is 14.0. The maximum Gasteiger partial charge on any atom is 0.191 e. The molecule has 6 nitrogen and oxygen atoms in total. The summed E-state index contributed by atoms with van der Waals surface area (Å²) in [5.41, 5.74) is 0. The highest BCUT2D eigenvalue weighted by Crippen LogP contribution is 2.18. The molecule has 0 amide bonds. The molecule has 1 saturated heterocycles. The fraction of sp³-hybridized carbons (Fsp3) is 0.706. The predicted octanol–water partition coefficient (Wildman–Crippen LogP) is 2.68. The third-order valence-electron chi connectivity index (χ3n) is 3.98. The van der Waals surface area contributed by atoms with Crippen LogP contribution in [0, 0.1) is 0 Å². The van der Waals surface area contributed by atoms with Crippen LogP contribution < -0.4 is 10.6 Å². The monoisotopic (exact) mass is 449 g/mol. The maximum absolute atomic E-state index is 5.67. The number of hydrogen-bond donors (Lipinski definition) is 2. The van der Waals surface area contributed by atoms with Gasteiger partial charge >= 0.3 is 0 Å². The van der Waals surface area contributed by atoms with Crippen molar-refractivity contribution >= 4 is 29.9 Å². The first-order chi connectivity index (χ1) is 11.4. The van der Waals surface area contributed by atoms with Crippen molar-refractivity contribution in [2.24, 2.45) is 4.99 Å². The topological polar surface area (TPSA) is 68.0 Å². The van der Waals surface area contributed by atoms with Crippen LogP contribution in [0.1, 0.15) is 37.9 Å².